The first kappa shape index (κ1) is 16.5. The molecule has 1 aromatic rings. The number of hydrogen-bond donors (Lipinski definition) is 1. The molecule has 20 heavy (non-hydrogen) atoms. The summed E-state index contributed by atoms with van der Waals surface area (Å²) in [6.45, 7) is 0.992. The second-order valence-corrected chi connectivity index (χ2v) is 4.08. The third-order valence-electron chi connectivity index (χ3n) is 2.31. The van der Waals surface area contributed by atoms with Gasteiger partial charge in [-0.05, 0) is 25.1 Å². The summed E-state index contributed by atoms with van der Waals surface area (Å²) in [4.78, 5) is 0. The van der Waals surface area contributed by atoms with Gasteiger partial charge in [0, 0.05) is 6.04 Å². The molecule has 2 nitrogen and oxygen atoms in total. The molecule has 1 aromatic carbocycles. The van der Waals surface area contributed by atoms with E-state index in [2.05, 4.69) is 4.74 Å². The van der Waals surface area contributed by atoms with Crippen molar-refractivity contribution >= 4 is 0 Å². The molecule has 0 aromatic heterocycles. The van der Waals surface area contributed by atoms with E-state index in [9.17, 15) is 30.7 Å². The zero-order chi connectivity index (χ0) is 15.7. The Kier molecular flexibility index (Phi) is 4.52. The molecule has 0 saturated heterocycles. The minimum Gasteiger partial charge on any atom is -0.479 e. The van der Waals surface area contributed by atoms with Crippen LogP contribution in [0.15, 0.2) is 18.2 Å². The summed E-state index contributed by atoms with van der Waals surface area (Å²) in [5.41, 5.74) is 3.38. The largest absolute Gasteiger partial charge is 0.479 e. The lowest BCUT2D eigenvalue weighted by molar-refractivity contribution is -0.199. The summed E-state index contributed by atoms with van der Waals surface area (Å²) in [7, 11) is 0. The monoisotopic (exact) mass is 305 g/mol. The van der Waals surface area contributed by atoms with E-state index in [0.717, 1.165) is 6.92 Å². The van der Waals surface area contributed by atoms with Crippen molar-refractivity contribution in [1.82, 2.24) is 0 Å². The van der Waals surface area contributed by atoms with Gasteiger partial charge in [0.25, 0.3) is 0 Å². The van der Waals surface area contributed by atoms with E-state index >= 15 is 0 Å². The second-order valence-electron chi connectivity index (χ2n) is 4.08. The molecule has 0 heterocycles. The summed E-state index contributed by atoms with van der Waals surface area (Å²) in [6.07, 6.45) is -12.4. The molecule has 0 aliphatic carbocycles. The summed E-state index contributed by atoms with van der Waals surface area (Å²) in [5.74, 6) is -2.37. The standard InChI is InChI=1S/C11H10F7NO/c1-5(19)9(11(16,17)18)20-6-2-3-8(12)7(4-6)10(13,14)15/h2-5,9H,19H2,1H3. The van der Waals surface area contributed by atoms with Crippen molar-refractivity contribution in [1.29, 1.82) is 0 Å². The molecular weight excluding hydrogens is 295 g/mol. The van der Waals surface area contributed by atoms with Crippen LogP contribution in [0.4, 0.5) is 30.7 Å². The molecule has 0 radical (unpaired) electrons. The smallest absolute Gasteiger partial charge is 0.426 e. The topological polar surface area (TPSA) is 35.2 Å². The van der Waals surface area contributed by atoms with Crippen molar-refractivity contribution in [2.75, 3.05) is 0 Å². The van der Waals surface area contributed by atoms with Gasteiger partial charge in [-0.2, -0.15) is 26.3 Å². The first-order chi connectivity index (χ1) is 8.93. The molecule has 0 aliphatic heterocycles. The summed E-state index contributed by atoms with van der Waals surface area (Å²) >= 11 is 0. The lowest BCUT2D eigenvalue weighted by atomic mass is 10.1. The second kappa shape index (κ2) is 5.47. The Labute approximate surface area is 109 Å². The van der Waals surface area contributed by atoms with Crippen molar-refractivity contribution < 1.29 is 35.5 Å². The molecule has 114 valence electrons. The van der Waals surface area contributed by atoms with Gasteiger partial charge in [-0.25, -0.2) is 4.39 Å². The minimum absolute atomic E-state index is 0.163. The molecule has 2 N–H and O–H groups in total. The average Bonchev–Trinajstić information content (AvgIpc) is 2.24. The Hall–Kier alpha value is -1.51. The number of benzene rings is 1. The number of alkyl halides is 6. The molecule has 0 fully saturated rings. The highest BCUT2D eigenvalue weighted by molar-refractivity contribution is 5.32. The maximum atomic E-state index is 13.0. The highest BCUT2D eigenvalue weighted by Gasteiger charge is 2.44. The normalized spacial score (nSPS) is 15.8. The third kappa shape index (κ3) is 3.99. The lowest BCUT2D eigenvalue weighted by Crippen LogP contribution is -2.47. The van der Waals surface area contributed by atoms with E-state index in [1.54, 1.807) is 0 Å². The summed E-state index contributed by atoms with van der Waals surface area (Å²) in [6, 6.07) is -0.288. The van der Waals surface area contributed by atoms with Crippen molar-refractivity contribution in [2.45, 2.75) is 31.4 Å². The van der Waals surface area contributed by atoms with E-state index in [0.29, 0.717) is 12.1 Å². The molecule has 0 aliphatic rings. The number of rotatable bonds is 3. The molecule has 0 saturated carbocycles. The maximum absolute atomic E-state index is 13.0. The van der Waals surface area contributed by atoms with E-state index in [1.165, 1.54) is 0 Å². The average molecular weight is 305 g/mol. The van der Waals surface area contributed by atoms with Crippen LogP contribution in [0.1, 0.15) is 12.5 Å². The highest BCUT2D eigenvalue weighted by Crippen LogP contribution is 2.35. The van der Waals surface area contributed by atoms with Crippen molar-refractivity contribution in [3.05, 3.63) is 29.6 Å². The van der Waals surface area contributed by atoms with Crippen LogP contribution in [0.3, 0.4) is 0 Å². The SMILES string of the molecule is CC(N)C(Oc1ccc(F)c(C(F)(F)F)c1)C(F)(F)F. The van der Waals surface area contributed by atoms with Gasteiger partial charge < -0.3 is 10.5 Å². The number of nitrogens with two attached hydrogens (primary N) is 1. The van der Waals surface area contributed by atoms with E-state index in [4.69, 9.17) is 5.73 Å². The molecule has 9 heteroatoms. The van der Waals surface area contributed by atoms with Gasteiger partial charge in [0.15, 0.2) is 0 Å². The van der Waals surface area contributed by atoms with Gasteiger partial charge in [0.05, 0.1) is 5.56 Å². The summed E-state index contributed by atoms with van der Waals surface area (Å²) in [5, 5.41) is 0. The number of ether oxygens (including phenoxy) is 1. The van der Waals surface area contributed by atoms with Gasteiger partial charge >= 0.3 is 12.4 Å². The van der Waals surface area contributed by atoms with Crippen LogP contribution in [-0.4, -0.2) is 18.3 Å². The van der Waals surface area contributed by atoms with Gasteiger partial charge in [0.2, 0.25) is 6.10 Å². The Bertz CT molecular complexity index is 467. The van der Waals surface area contributed by atoms with Gasteiger partial charge in [-0.1, -0.05) is 0 Å². The number of halogens is 7. The molecule has 0 amide bonds. The van der Waals surface area contributed by atoms with Crippen LogP contribution in [0.5, 0.6) is 5.75 Å². The fourth-order valence-electron chi connectivity index (χ4n) is 1.41. The van der Waals surface area contributed by atoms with Crippen LogP contribution in [-0.2, 0) is 6.18 Å². The zero-order valence-corrected chi connectivity index (χ0v) is 10.0. The predicted molar refractivity (Wildman–Crippen MR) is 55.5 cm³/mol. The Morgan fingerprint density at radius 1 is 1.10 bits per heavy atom. The fourth-order valence-corrected chi connectivity index (χ4v) is 1.41. The van der Waals surface area contributed by atoms with Crippen LogP contribution in [0, 0.1) is 5.82 Å². The molecule has 0 spiro atoms. The predicted octanol–water partition coefficient (Wildman–Crippen LogP) is 3.50. The first-order valence-corrected chi connectivity index (χ1v) is 5.28. The van der Waals surface area contributed by atoms with Crippen molar-refractivity contribution in [2.24, 2.45) is 5.73 Å². The van der Waals surface area contributed by atoms with Gasteiger partial charge in [-0.15, -0.1) is 0 Å². The number of hydrogen-bond acceptors (Lipinski definition) is 2. The highest BCUT2D eigenvalue weighted by atomic mass is 19.4. The van der Waals surface area contributed by atoms with Crippen LogP contribution in [0.2, 0.25) is 0 Å². The van der Waals surface area contributed by atoms with Crippen molar-refractivity contribution in [3.63, 3.8) is 0 Å². The maximum Gasteiger partial charge on any atom is 0.426 e. The Morgan fingerprint density at radius 3 is 2.05 bits per heavy atom. The Morgan fingerprint density at radius 2 is 1.65 bits per heavy atom. The van der Waals surface area contributed by atoms with Gasteiger partial charge in [0.1, 0.15) is 11.6 Å². The summed E-state index contributed by atoms with van der Waals surface area (Å²) < 4.78 is 92.3. The lowest BCUT2D eigenvalue weighted by Gasteiger charge is -2.25. The van der Waals surface area contributed by atoms with Crippen molar-refractivity contribution in [3.8, 4) is 5.75 Å². The fraction of sp³-hybridized carbons (Fsp3) is 0.455. The molecule has 1 rings (SSSR count). The zero-order valence-electron chi connectivity index (χ0n) is 10.0. The molecular formula is C11H10F7NO. The first-order valence-electron chi connectivity index (χ1n) is 5.28. The third-order valence-corrected chi connectivity index (χ3v) is 2.31. The van der Waals surface area contributed by atoms with Crippen LogP contribution in [0.25, 0.3) is 0 Å². The quantitative estimate of drug-likeness (QED) is 0.868. The van der Waals surface area contributed by atoms with E-state index in [-0.39, 0.29) is 6.07 Å². The Balaban J connectivity index is 3.10. The van der Waals surface area contributed by atoms with E-state index in [1.807, 2.05) is 0 Å². The van der Waals surface area contributed by atoms with Crippen LogP contribution >= 0.6 is 0 Å². The minimum atomic E-state index is -5.04. The molecule has 2 atom stereocenters. The molecule has 0 bridgehead atoms. The van der Waals surface area contributed by atoms with Crippen LogP contribution < -0.4 is 10.5 Å². The van der Waals surface area contributed by atoms with E-state index < -0.39 is 41.6 Å². The molecule has 2 unspecified atom stereocenters. The van der Waals surface area contributed by atoms with Gasteiger partial charge in [-0.3, -0.25) is 0 Å².